The molecule has 1 heterocycles. The highest BCUT2D eigenvalue weighted by Crippen LogP contribution is 2.39. The molecule has 19 heavy (non-hydrogen) atoms. The first-order valence-electron chi connectivity index (χ1n) is 7.12. The molecule has 0 saturated heterocycles. The molecule has 0 bridgehead atoms. The predicted molar refractivity (Wildman–Crippen MR) is 77.3 cm³/mol. The highest BCUT2D eigenvalue weighted by molar-refractivity contribution is 5.98. The van der Waals surface area contributed by atoms with Crippen LogP contribution in [0.3, 0.4) is 0 Å². The van der Waals surface area contributed by atoms with E-state index in [0.29, 0.717) is 16.8 Å². The number of nitrogens with zero attached hydrogens (tertiary/aromatic N) is 1. The van der Waals surface area contributed by atoms with Gasteiger partial charge in [-0.05, 0) is 36.8 Å². The largest absolute Gasteiger partial charge is 0.369 e. The van der Waals surface area contributed by atoms with Gasteiger partial charge in [-0.3, -0.25) is 4.79 Å². The zero-order chi connectivity index (χ0) is 13.7. The Morgan fingerprint density at radius 3 is 2.89 bits per heavy atom. The van der Waals surface area contributed by atoms with Gasteiger partial charge in [0.15, 0.2) is 0 Å². The van der Waals surface area contributed by atoms with Gasteiger partial charge in [0.2, 0.25) is 0 Å². The number of pyridine rings is 1. The van der Waals surface area contributed by atoms with E-state index in [1.807, 2.05) is 6.07 Å². The van der Waals surface area contributed by atoms with Crippen molar-refractivity contribution in [3.8, 4) is 0 Å². The van der Waals surface area contributed by atoms with Crippen LogP contribution in [0.1, 0.15) is 49.9 Å². The third-order valence-electron chi connectivity index (χ3n) is 3.83. The van der Waals surface area contributed by atoms with Gasteiger partial charge in [0, 0.05) is 19.3 Å². The smallest absolute Gasteiger partial charge is 0.255 e. The number of hydrogen-bond acceptors (Lipinski definition) is 3. The normalized spacial score (nSPS) is 16.5. The predicted octanol–water partition coefficient (Wildman–Crippen LogP) is 2.82. The summed E-state index contributed by atoms with van der Waals surface area (Å²) in [6.45, 7) is 5.91. The molecule has 1 fully saturated rings. The van der Waals surface area contributed by atoms with E-state index < -0.39 is 0 Å². The number of rotatable bonds is 6. The summed E-state index contributed by atoms with van der Waals surface area (Å²) in [6.07, 6.45) is 6.42. The van der Waals surface area contributed by atoms with Crippen molar-refractivity contribution in [2.75, 3.05) is 18.4 Å². The average Bonchev–Trinajstić information content (AvgIpc) is 2.40. The number of hydrogen-bond donors (Lipinski definition) is 2. The van der Waals surface area contributed by atoms with Crippen molar-refractivity contribution in [2.45, 2.75) is 39.5 Å². The molecule has 1 aliphatic carbocycles. The molecule has 2 N–H and O–H groups in total. The van der Waals surface area contributed by atoms with Crippen LogP contribution in [-0.4, -0.2) is 24.0 Å². The van der Waals surface area contributed by atoms with Gasteiger partial charge < -0.3 is 10.6 Å². The molecule has 4 heteroatoms. The van der Waals surface area contributed by atoms with E-state index in [0.717, 1.165) is 19.5 Å². The van der Waals surface area contributed by atoms with Crippen molar-refractivity contribution in [3.63, 3.8) is 0 Å². The molecule has 4 nitrogen and oxygen atoms in total. The standard InChI is InChI=1S/C15H23N3O/c1-3-9-16-13-12(6-4-10-17-13)14(19)18-11-15(2)7-5-8-15/h4,6,10H,3,5,7-9,11H2,1-2H3,(H,16,17)(H,18,19). The average molecular weight is 261 g/mol. The van der Waals surface area contributed by atoms with Crippen molar-refractivity contribution < 1.29 is 4.79 Å². The minimum atomic E-state index is -0.0279. The van der Waals surface area contributed by atoms with E-state index in [4.69, 9.17) is 0 Å². The van der Waals surface area contributed by atoms with Crippen molar-refractivity contribution in [2.24, 2.45) is 5.41 Å². The lowest BCUT2D eigenvalue weighted by Gasteiger charge is -2.38. The van der Waals surface area contributed by atoms with Crippen LogP contribution in [-0.2, 0) is 0 Å². The summed E-state index contributed by atoms with van der Waals surface area (Å²) in [7, 11) is 0. The second-order valence-electron chi connectivity index (χ2n) is 5.67. The van der Waals surface area contributed by atoms with Crippen LogP contribution in [0.4, 0.5) is 5.82 Å². The highest BCUT2D eigenvalue weighted by Gasteiger charge is 2.32. The fourth-order valence-electron chi connectivity index (χ4n) is 2.32. The van der Waals surface area contributed by atoms with Gasteiger partial charge in [0.1, 0.15) is 5.82 Å². The zero-order valence-electron chi connectivity index (χ0n) is 11.8. The molecular formula is C15H23N3O. The van der Waals surface area contributed by atoms with E-state index in [1.54, 1.807) is 12.3 Å². The molecular weight excluding hydrogens is 238 g/mol. The SMILES string of the molecule is CCCNc1ncccc1C(=O)NCC1(C)CCC1. The molecule has 0 radical (unpaired) electrons. The second kappa shape index (κ2) is 6.04. The van der Waals surface area contributed by atoms with E-state index in [2.05, 4.69) is 29.5 Å². The summed E-state index contributed by atoms with van der Waals surface area (Å²) >= 11 is 0. The number of amides is 1. The Morgan fingerprint density at radius 2 is 2.26 bits per heavy atom. The van der Waals surface area contributed by atoms with Gasteiger partial charge >= 0.3 is 0 Å². The molecule has 1 amide bonds. The minimum absolute atomic E-state index is 0.0279. The summed E-state index contributed by atoms with van der Waals surface area (Å²) in [5, 5.41) is 6.24. The molecule has 0 atom stereocenters. The minimum Gasteiger partial charge on any atom is -0.369 e. The second-order valence-corrected chi connectivity index (χ2v) is 5.67. The number of carbonyl (C=O) groups is 1. The van der Waals surface area contributed by atoms with Crippen LogP contribution in [0, 0.1) is 5.41 Å². The fraction of sp³-hybridized carbons (Fsp3) is 0.600. The van der Waals surface area contributed by atoms with Crippen LogP contribution >= 0.6 is 0 Å². The lowest BCUT2D eigenvalue weighted by atomic mass is 9.70. The third kappa shape index (κ3) is 3.46. The molecule has 104 valence electrons. The Kier molecular flexibility index (Phi) is 4.40. The first-order chi connectivity index (χ1) is 9.14. The maximum absolute atomic E-state index is 12.2. The van der Waals surface area contributed by atoms with Crippen LogP contribution in [0.25, 0.3) is 0 Å². The lowest BCUT2D eigenvalue weighted by Crippen LogP contribution is -2.40. The molecule has 0 spiro atoms. The van der Waals surface area contributed by atoms with Crippen LogP contribution < -0.4 is 10.6 Å². The summed E-state index contributed by atoms with van der Waals surface area (Å²) in [5.74, 6) is 0.653. The van der Waals surface area contributed by atoms with Crippen LogP contribution in [0.2, 0.25) is 0 Å². The number of carbonyl (C=O) groups excluding carboxylic acids is 1. The van der Waals surface area contributed by atoms with Gasteiger partial charge in [-0.25, -0.2) is 4.98 Å². The fourth-order valence-corrected chi connectivity index (χ4v) is 2.32. The Balaban J connectivity index is 1.97. The van der Waals surface area contributed by atoms with E-state index in [9.17, 15) is 4.79 Å². The van der Waals surface area contributed by atoms with Gasteiger partial charge in [-0.15, -0.1) is 0 Å². The first-order valence-corrected chi connectivity index (χ1v) is 7.12. The van der Waals surface area contributed by atoms with Gasteiger partial charge in [-0.2, -0.15) is 0 Å². The molecule has 1 aromatic rings. The Morgan fingerprint density at radius 1 is 1.47 bits per heavy atom. The molecule has 1 saturated carbocycles. The quantitative estimate of drug-likeness (QED) is 0.828. The van der Waals surface area contributed by atoms with E-state index >= 15 is 0 Å². The summed E-state index contributed by atoms with van der Waals surface area (Å²) < 4.78 is 0. The van der Waals surface area contributed by atoms with Crippen molar-refractivity contribution in [1.82, 2.24) is 10.3 Å². The number of aromatic nitrogens is 1. The molecule has 0 aliphatic heterocycles. The zero-order valence-corrected chi connectivity index (χ0v) is 11.8. The highest BCUT2D eigenvalue weighted by atomic mass is 16.1. The lowest BCUT2D eigenvalue weighted by molar-refractivity contribution is 0.0891. The molecule has 0 unspecified atom stereocenters. The maximum Gasteiger partial charge on any atom is 0.255 e. The van der Waals surface area contributed by atoms with Gasteiger partial charge in [0.25, 0.3) is 5.91 Å². The number of anilines is 1. The number of nitrogens with one attached hydrogen (secondary N) is 2. The summed E-state index contributed by atoms with van der Waals surface area (Å²) in [4.78, 5) is 16.5. The van der Waals surface area contributed by atoms with Crippen molar-refractivity contribution >= 4 is 11.7 Å². The van der Waals surface area contributed by atoms with E-state index in [1.165, 1.54) is 19.3 Å². The first kappa shape index (κ1) is 13.8. The van der Waals surface area contributed by atoms with Crippen molar-refractivity contribution in [1.29, 1.82) is 0 Å². The van der Waals surface area contributed by atoms with Gasteiger partial charge in [0.05, 0.1) is 5.56 Å². The molecule has 0 aromatic carbocycles. The summed E-state index contributed by atoms with van der Waals surface area (Å²) in [6, 6.07) is 3.63. The summed E-state index contributed by atoms with van der Waals surface area (Å²) in [5.41, 5.74) is 0.938. The maximum atomic E-state index is 12.2. The van der Waals surface area contributed by atoms with E-state index in [-0.39, 0.29) is 5.91 Å². The van der Waals surface area contributed by atoms with Crippen LogP contribution in [0.15, 0.2) is 18.3 Å². The topological polar surface area (TPSA) is 54.0 Å². The van der Waals surface area contributed by atoms with Gasteiger partial charge in [-0.1, -0.05) is 20.3 Å². The Labute approximate surface area is 115 Å². The Hall–Kier alpha value is -1.58. The molecule has 2 rings (SSSR count). The van der Waals surface area contributed by atoms with Crippen molar-refractivity contribution in [3.05, 3.63) is 23.9 Å². The molecule has 1 aromatic heterocycles. The third-order valence-corrected chi connectivity index (χ3v) is 3.83. The van der Waals surface area contributed by atoms with Crippen LogP contribution in [0.5, 0.6) is 0 Å². The monoisotopic (exact) mass is 261 g/mol. The Bertz CT molecular complexity index is 441. The molecule has 1 aliphatic rings.